The summed E-state index contributed by atoms with van der Waals surface area (Å²) < 4.78 is 0.484. The molecule has 1 atom stereocenters. The Hall–Kier alpha value is -0.780. The number of carboxylic acid groups (broad SMARTS) is 1. The summed E-state index contributed by atoms with van der Waals surface area (Å²) in [6, 6.07) is 1.35. The highest BCUT2D eigenvalue weighted by Gasteiger charge is 2.19. The molecular formula is C8H7BrClNO3. The lowest BCUT2D eigenvalue weighted by atomic mass is 10.1. The molecule has 0 bridgehead atoms. The minimum Gasteiger partial charge on any atom is -0.508 e. The van der Waals surface area contributed by atoms with E-state index in [-0.39, 0.29) is 11.3 Å². The standard InChI is InChI=1S/C8H7BrClNO3/c9-4-2-6(12)3(1-5(4)10)7(11)8(13)14/h1-2,7,12H,11H2,(H,13,14)/t7-/m0/s1. The average Bonchev–Trinajstić information content (AvgIpc) is 2.10. The highest BCUT2D eigenvalue weighted by atomic mass is 79.9. The minimum atomic E-state index is -1.28. The molecule has 6 heteroatoms. The summed E-state index contributed by atoms with van der Waals surface area (Å²) in [5.74, 6) is -1.42. The third-order valence-electron chi connectivity index (χ3n) is 1.67. The number of nitrogens with two attached hydrogens (primary N) is 1. The molecule has 0 unspecified atom stereocenters. The SMILES string of the molecule is N[C@H](C(=O)O)c1cc(Cl)c(Br)cc1O. The predicted octanol–water partition coefficient (Wildman–Crippen LogP) is 1.89. The van der Waals surface area contributed by atoms with Gasteiger partial charge in [-0.1, -0.05) is 11.6 Å². The second-order valence-corrected chi connectivity index (χ2v) is 3.90. The van der Waals surface area contributed by atoms with Crippen molar-refractivity contribution in [1.82, 2.24) is 0 Å². The Morgan fingerprint density at radius 2 is 2.14 bits per heavy atom. The van der Waals surface area contributed by atoms with Crippen molar-refractivity contribution in [2.45, 2.75) is 6.04 Å². The van der Waals surface area contributed by atoms with Crippen molar-refractivity contribution < 1.29 is 15.0 Å². The maximum absolute atomic E-state index is 10.6. The number of phenolic OH excluding ortho intramolecular Hbond substituents is 1. The third-order valence-corrected chi connectivity index (χ3v) is 2.87. The zero-order valence-electron chi connectivity index (χ0n) is 6.87. The van der Waals surface area contributed by atoms with Crippen LogP contribution in [-0.4, -0.2) is 16.2 Å². The molecule has 4 N–H and O–H groups in total. The van der Waals surface area contributed by atoms with Gasteiger partial charge in [-0.05, 0) is 28.1 Å². The van der Waals surface area contributed by atoms with E-state index in [4.69, 9.17) is 22.4 Å². The van der Waals surface area contributed by atoms with E-state index in [9.17, 15) is 9.90 Å². The van der Waals surface area contributed by atoms with E-state index in [0.29, 0.717) is 9.50 Å². The van der Waals surface area contributed by atoms with Crippen LogP contribution in [-0.2, 0) is 4.79 Å². The maximum atomic E-state index is 10.6. The van der Waals surface area contributed by atoms with Gasteiger partial charge >= 0.3 is 5.97 Å². The molecule has 0 radical (unpaired) electrons. The Balaban J connectivity index is 3.22. The van der Waals surface area contributed by atoms with Gasteiger partial charge in [0.25, 0.3) is 0 Å². The van der Waals surface area contributed by atoms with E-state index in [1.54, 1.807) is 0 Å². The molecule has 1 aromatic rings. The quantitative estimate of drug-likeness (QED) is 0.772. The normalized spacial score (nSPS) is 12.5. The van der Waals surface area contributed by atoms with Crippen molar-refractivity contribution in [1.29, 1.82) is 0 Å². The van der Waals surface area contributed by atoms with Gasteiger partial charge < -0.3 is 15.9 Å². The largest absolute Gasteiger partial charge is 0.508 e. The molecule has 0 aromatic heterocycles. The van der Waals surface area contributed by atoms with Gasteiger partial charge in [0.05, 0.1) is 5.02 Å². The van der Waals surface area contributed by atoms with Crippen LogP contribution in [0.5, 0.6) is 5.75 Å². The van der Waals surface area contributed by atoms with Crippen molar-refractivity contribution >= 4 is 33.5 Å². The lowest BCUT2D eigenvalue weighted by molar-refractivity contribution is -0.138. The first-order valence-electron chi connectivity index (χ1n) is 3.59. The predicted molar refractivity (Wildman–Crippen MR) is 55.4 cm³/mol. The summed E-state index contributed by atoms with van der Waals surface area (Å²) in [4.78, 5) is 10.6. The van der Waals surface area contributed by atoms with E-state index in [1.807, 2.05) is 0 Å². The number of carbonyl (C=O) groups is 1. The minimum absolute atomic E-state index is 0.0886. The lowest BCUT2D eigenvalue weighted by Gasteiger charge is -2.10. The van der Waals surface area contributed by atoms with Crippen LogP contribution in [0.25, 0.3) is 0 Å². The van der Waals surface area contributed by atoms with Crippen LogP contribution in [0.3, 0.4) is 0 Å². The average molecular weight is 281 g/mol. The van der Waals surface area contributed by atoms with Crippen molar-refractivity contribution in [2.75, 3.05) is 0 Å². The summed E-state index contributed by atoms with van der Waals surface area (Å²) in [6.07, 6.45) is 0. The Bertz CT molecular complexity index is 383. The van der Waals surface area contributed by atoms with Crippen molar-refractivity contribution in [2.24, 2.45) is 5.73 Å². The molecule has 76 valence electrons. The van der Waals surface area contributed by atoms with Crippen molar-refractivity contribution in [3.05, 3.63) is 27.2 Å². The monoisotopic (exact) mass is 279 g/mol. The fourth-order valence-electron chi connectivity index (χ4n) is 0.934. The van der Waals surface area contributed by atoms with Crippen LogP contribution in [0.4, 0.5) is 0 Å². The van der Waals surface area contributed by atoms with Crippen LogP contribution in [0, 0.1) is 0 Å². The molecule has 0 saturated heterocycles. The summed E-state index contributed by atoms with van der Waals surface area (Å²) >= 11 is 8.81. The van der Waals surface area contributed by atoms with Crippen LogP contribution in [0.2, 0.25) is 5.02 Å². The van der Waals surface area contributed by atoms with E-state index in [1.165, 1.54) is 12.1 Å². The van der Waals surface area contributed by atoms with Crippen LogP contribution >= 0.6 is 27.5 Å². The number of phenols is 1. The Labute approximate surface area is 93.4 Å². The number of rotatable bonds is 2. The number of hydrogen-bond donors (Lipinski definition) is 3. The van der Waals surface area contributed by atoms with E-state index in [2.05, 4.69) is 15.9 Å². The molecule has 1 aromatic carbocycles. The Morgan fingerprint density at radius 3 is 2.64 bits per heavy atom. The third kappa shape index (κ3) is 2.17. The van der Waals surface area contributed by atoms with Gasteiger partial charge in [-0.3, -0.25) is 4.79 Å². The molecule has 0 amide bonds. The van der Waals surface area contributed by atoms with Crippen molar-refractivity contribution in [3.8, 4) is 5.75 Å². The molecule has 0 spiro atoms. The van der Waals surface area contributed by atoms with E-state index < -0.39 is 12.0 Å². The van der Waals surface area contributed by atoms with Gasteiger partial charge in [0, 0.05) is 10.0 Å². The molecule has 1 rings (SSSR count). The van der Waals surface area contributed by atoms with Crippen LogP contribution in [0.15, 0.2) is 16.6 Å². The maximum Gasteiger partial charge on any atom is 0.325 e. The van der Waals surface area contributed by atoms with Crippen LogP contribution in [0.1, 0.15) is 11.6 Å². The molecule has 14 heavy (non-hydrogen) atoms. The number of aromatic hydroxyl groups is 1. The number of halogens is 2. The fourth-order valence-corrected chi connectivity index (χ4v) is 1.44. The Kier molecular flexibility index (Phi) is 3.36. The van der Waals surface area contributed by atoms with E-state index in [0.717, 1.165) is 0 Å². The van der Waals surface area contributed by atoms with Gasteiger partial charge in [-0.25, -0.2) is 0 Å². The number of hydrogen-bond acceptors (Lipinski definition) is 3. The van der Waals surface area contributed by atoms with Gasteiger partial charge in [-0.2, -0.15) is 0 Å². The van der Waals surface area contributed by atoms with Gasteiger partial charge in [0.15, 0.2) is 0 Å². The second-order valence-electron chi connectivity index (χ2n) is 2.64. The molecular weight excluding hydrogens is 273 g/mol. The van der Waals surface area contributed by atoms with E-state index >= 15 is 0 Å². The number of benzene rings is 1. The first-order valence-corrected chi connectivity index (χ1v) is 4.77. The number of carboxylic acids is 1. The number of aliphatic carboxylic acids is 1. The molecule has 4 nitrogen and oxygen atoms in total. The topological polar surface area (TPSA) is 83.6 Å². The van der Waals surface area contributed by atoms with Gasteiger partial charge in [-0.15, -0.1) is 0 Å². The summed E-state index contributed by atoms with van der Waals surface area (Å²) in [5, 5.41) is 18.3. The molecule has 0 aliphatic heterocycles. The van der Waals surface area contributed by atoms with Crippen molar-refractivity contribution in [3.63, 3.8) is 0 Å². The highest BCUT2D eigenvalue weighted by molar-refractivity contribution is 9.10. The molecule has 0 heterocycles. The van der Waals surface area contributed by atoms with Gasteiger partial charge in [0.2, 0.25) is 0 Å². The first-order chi connectivity index (χ1) is 6.43. The smallest absolute Gasteiger partial charge is 0.325 e. The highest BCUT2D eigenvalue weighted by Crippen LogP contribution is 2.32. The van der Waals surface area contributed by atoms with Crippen LogP contribution < -0.4 is 5.73 Å². The molecule has 0 aliphatic rings. The lowest BCUT2D eigenvalue weighted by Crippen LogP contribution is -2.20. The first kappa shape index (κ1) is 11.3. The molecule has 0 saturated carbocycles. The summed E-state index contributed by atoms with van der Waals surface area (Å²) in [7, 11) is 0. The summed E-state index contributed by atoms with van der Waals surface area (Å²) in [5.41, 5.74) is 5.41. The zero-order chi connectivity index (χ0) is 10.9. The molecule has 0 fully saturated rings. The fraction of sp³-hybridized carbons (Fsp3) is 0.125. The zero-order valence-corrected chi connectivity index (χ0v) is 9.21. The second kappa shape index (κ2) is 4.16. The summed E-state index contributed by atoms with van der Waals surface area (Å²) in [6.45, 7) is 0. The molecule has 0 aliphatic carbocycles. The Morgan fingerprint density at radius 1 is 1.57 bits per heavy atom. The van der Waals surface area contributed by atoms with Gasteiger partial charge in [0.1, 0.15) is 11.8 Å².